The zero-order valence-corrected chi connectivity index (χ0v) is 33.4. The second-order valence-corrected chi connectivity index (χ2v) is 15.0. The van der Waals surface area contributed by atoms with Crippen LogP contribution in [0.25, 0.3) is 89.8 Å². The summed E-state index contributed by atoms with van der Waals surface area (Å²) in [4.78, 5) is 21.6. The third kappa shape index (κ3) is 7.66. The van der Waals surface area contributed by atoms with Crippen LogP contribution in [-0.2, 0) is 0 Å². The van der Waals surface area contributed by atoms with Crippen LogP contribution in [-0.4, -0.2) is 30.1 Å². The molecule has 0 saturated heterocycles. The van der Waals surface area contributed by atoms with Crippen LogP contribution in [0.2, 0.25) is 0 Å². The molecular formula is C54H42N4O2. The van der Waals surface area contributed by atoms with Crippen molar-refractivity contribution in [2.75, 3.05) is 0 Å². The molecule has 0 radical (unpaired) electrons. The minimum Gasteiger partial charge on any atom is -0.507 e. The molecule has 0 atom stereocenters. The molecule has 0 fully saturated rings. The first kappa shape index (κ1) is 37.9. The third-order valence-electron chi connectivity index (χ3n) is 10.6. The molecule has 8 aromatic rings. The van der Waals surface area contributed by atoms with Crippen LogP contribution in [0.5, 0.6) is 11.5 Å². The van der Waals surface area contributed by atoms with Crippen LogP contribution in [0.4, 0.5) is 0 Å². The van der Waals surface area contributed by atoms with Gasteiger partial charge in [-0.1, -0.05) is 146 Å². The topological polar surface area (TPSA) is 92.0 Å². The lowest BCUT2D eigenvalue weighted by Crippen LogP contribution is -2.31. The standard InChI is InChI=1S/C54H42N4O2/c1-35-31-41-49(37-19-7-3-8-20-37)55-45-27-15-17-29-47(45)57-51(39-23-11-5-12-24-39)43-33-36(2)34-44(54(43)60)52(40-25-13-6-14-26-40)58-48-30-18-16-28-46(48)56-50(42(32-35)53(41)59)38-21-9-4-10-22-38/h3-15,17,19-34,59-60H,16,18H2,1-2H3. The summed E-state index contributed by atoms with van der Waals surface area (Å²) in [5.74, 6) is 0.118. The highest BCUT2D eigenvalue weighted by Crippen LogP contribution is 2.39. The predicted octanol–water partition coefficient (Wildman–Crippen LogP) is 11.6. The minimum atomic E-state index is 0.0590. The molecule has 290 valence electrons. The van der Waals surface area contributed by atoms with Crippen LogP contribution in [0.3, 0.4) is 0 Å². The van der Waals surface area contributed by atoms with Gasteiger partial charge < -0.3 is 10.2 Å². The molecule has 1 aliphatic rings. The minimum absolute atomic E-state index is 0.0590. The van der Waals surface area contributed by atoms with E-state index in [0.717, 1.165) is 46.2 Å². The van der Waals surface area contributed by atoms with Gasteiger partial charge in [-0.3, -0.25) is 0 Å². The lowest BCUT2D eigenvalue weighted by atomic mass is 9.99. The molecule has 0 unspecified atom stereocenters. The summed E-state index contributed by atoms with van der Waals surface area (Å²) < 4.78 is 0. The van der Waals surface area contributed by atoms with Crippen LogP contribution in [0.15, 0.2) is 170 Å². The van der Waals surface area contributed by atoms with Gasteiger partial charge >= 0.3 is 0 Å². The Morgan fingerprint density at radius 2 is 0.617 bits per heavy atom. The number of aromatic hydroxyl groups is 2. The molecule has 2 N–H and O–H groups in total. The van der Waals surface area contributed by atoms with Crippen molar-refractivity contribution in [3.8, 4) is 56.5 Å². The van der Waals surface area contributed by atoms with E-state index in [2.05, 4.69) is 12.2 Å². The second kappa shape index (κ2) is 16.6. The van der Waals surface area contributed by atoms with E-state index >= 15 is 0 Å². The summed E-state index contributed by atoms with van der Waals surface area (Å²) in [5.41, 5.74) is 8.70. The number of hydrogen-bond donors (Lipinski definition) is 2. The maximum atomic E-state index is 12.6. The fourth-order valence-corrected chi connectivity index (χ4v) is 7.77. The number of aromatic nitrogens is 4. The summed E-state index contributed by atoms with van der Waals surface area (Å²) >= 11 is 0. The number of fused-ring (bicyclic) bond motifs is 6. The summed E-state index contributed by atoms with van der Waals surface area (Å²) in [7, 11) is 0. The largest absolute Gasteiger partial charge is 0.507 e. The highest BCUT2D eigenvalue weighted by molar-refractivity contribution is 5.99. The highest BCUT2D eigenvalue weighted by atomic mass is 16.3. The van der Waals surface area contributed by atoms with Crippen molar-refractivity contribution in [2.45, 2.75) is 26.7 Å². The number of rotatable bonds is 4. The van der Waals surface area contributed by atoms with Gasteiger partial charge in [-0.05, 0) is 74.2 Å². The number of aryl methyl sites for hydroxylation is 2. The zero-order valence-electron chi connectivity index (χ0n) is 33.4. The molecular weight excluding hydrogens is 737 g/mol. The fraction of sp³-hybridized carbons (Fsp3) is 0.0741. The van der Waals surface area contributed by atoms with Gasteiger partial charge in [0.25, 0.3) is 0 Å². The maximum Gasteiger partial charge on any atom is 0.134 e. The zero-order chi connectivity index (χ0) is 41.0. The Morgan fingerprint density at radius 3 is 0.917 bits per heavy atom. The molecule has 7 aromatic carbocycles. The van der Waals surface area contributed by atoms with Crippen molar-refractivity contribution in [1.29, 1.82) is 0 Å². The second-order valence-electron chi connectivity index (χ2n) is 15.0. The van der Waals surface area contributed by atoms with Crippen LogP contribution in [0, 0.1) is 13.8 Å². The van der Waals surface area contributed by atoms with E-state index in [9.17, 15) is 10.2 Å². The van der Waals surface area contributed by atoms with E-state index < -0.39 is 0 Å². The van der Waals surface area contributed by atoms with E-state index in [-0.39, 0.29) is 11.5 Å². The van der Waals surface area contributed by atoms with E-state index in [0.29, 0.717) is 66.1 Å². The van der Waals surface area contributed by atoms with Crippen molar-refractivity contribution in [3.05, 3.63) is 192 Å². The molecule has 6 nitrogen and oxygen atoms in total. The van der Waals surface area contributed by atoms with Crippen molar-refractivity contribution >= 4 is 44.7 Å². The van der Waals surface area contributed by atoms with Gasteiger partial charge in [0.05, 0.1) is 44.5 Å². The summed E-state index contributed by atoms with van der Waals surface area (Å²) in [5, 5.41) is 28.8. The molecule has 0 spiro atoms. The number of phenols is 2. The molecule has 0 amide bonds. The predicted molar refractivity (Wildman–Crippen MR) is 246 cm³/mol. The SMILES string of the molecule is Cc1cc2c(-c3ccccc3)nc3c(nc(-c4ccccc4)c4cc(C)cc(c(-c5ccccc5)nc5ccccc5nc(-c5ccccc5)c(c1)c2O)c4O)=CCCC=3. The summed E-state index contributed by atoms with van der Waals surface area (Å²) in [6.45, 7) is 4.05. The molecule has 1 aliphatic carbocycles. The third-order valence-corrected chi connectivity index (χ3v) is 10.6. The van der Waals surface area contributed by atoms with Gasteiger partial charge in [0, 0.05) is 43.8 Å². The molecule has 1 heterocycles. The number of phenolic OH excluding ortho intramolecular Hbond substituents is 2. The van der Waals surface area contributed by atoms with E-state index in [1.807, 2.05) is 184 Å². The van der Waals surface area contributed by atoms with Crippen molar-refractivity contribution in [3.63, 3.8) is 0 Å². The lowest BCUT2D eigenvalue weighted by molar-refractivity contribution is 0.486. The number of para-hydroxylation sites is 2. The Hall–Kier alpha value is -7.70. The van der Waals surface area contributed by atoms with Crippen molar-refractivity contribution in [1.82, 2.24) is 19.9 Å². The first-order chi connectivity index (χ1) is 29.4. The Morgan fingerprint density at radius 1 is 0.350 bits per heavy atom. The lowest BCUT2D eigenvalue weighted by Gasteiger charge is -2.11. The fourth-order valence-electron chi connectivity index (χ4n) is 7.77. The number of hydrogen-bond acceptors (Lipinski definition) is 6. The van der Waals surface area contributed by atoms with Crippen molar-refractivity contribution in [2.24, 2.45) is 0 Å². The Balaban J connectivity index is 1.60. The average Bonchev–Trinajstić information content (AvgIpc) is 3.29. The maximum absolute atomic E-state index is 12.6. The van der Waals surface area contributed by atoms with Gasteiger partial charge in [-0.2, -0.15) is 0 Å². The first-order valence-corrected chi connectivity index (χ1v) is 20.2. The summed E-state index contributed by atoms with van der Waals surface area (Å²) in [6.07, 6.45) is 5.75. The molecule has 60 heavy (non-hydrogen) atoms. The molecule has 0 aliphatic heterocycles. The van der Waals surface area contributed by atoms with E-state index in [4.69, 9.17) is 19.9 Å². The highest BCUT2D eigenvalue weighted by Gasteiger charge is 2.16. The monoisotopic (exact) mass is 778 g/mol. The average molecular weight is 779 g/mol. The van der Waals surface area contributed by atoms with Crippen LogP contribution in [0.1, 0.15) is 24.0 Å². The Kier molecular flexibility index (Phi) is 10.5. The van der Waals surface area contributed by atoms with Gasteiger partial charge in [0.2, 0.25) is 0 Å². The van der Waals surface area contributed by atoms with Crippen LogP contribution < -0.4 is 10.7 Å². The Bertz CT molecular complexity index is 3010. The molecule has 1 aromatic heterocycles. The van der Waals surface area contributed by atoms with Crippen LogP contribution >= 0.6 is 0 Å². The van der Waals surface area contributed by atoms with Gasteiger partial charge in [0.15, 0.2) is 0 Å². The first-order valence-electron chi connectivity index (χ1n) is 20.2. The quantitative estimate of drug-likeness (QED) is 0.185. The normalized spacial score (nSPS) is 11.8. The van der Waals surface area contributed by atoms with Crippen molar-refractivity contribution < 1.29 is 10.2 Å². The van der Waals surface area contributed by atoms with E-state index in [1.54, 1.807) is 0 Å². The van der Waals surface area contributed by atoms with Gasteiger partial charge in [0.1, 0.15) is 11.5 Å². The van der Waals surface area contributed by atoms with E-state index in [1.165, 1.54) is 0 Å². The number of nitrogens with zero attached hydrogens (tertiary/aromatic N) is 4. The molecule has 9 rings (SSSR count). The Labute approximate surface area is 348 Å². The molecule has 4 bridgehead atoms. The number of benzene rings is 7. The van der Waals surface area contributed by atoms with Gasteiger partial charge in [-0.15, -0.1) is 0 Å². The molecule has 0 saturated carbocycles. The molecule has 6 heteroatoms. The van der Waals surface area contributed by atoms with Gasteiger partial charge in [-0.25, -0.2) is 19.9 Å². The smallest absolute Gasteiger partial charge is 0.134 e. The summed E-state index contributed by atoms with van der Waals surface area (Å²) in [6, 6.07) is 55.3.